The summed E-state index contributed by atoms with van der Waals surface area (Å²) in [5.74, 6) is 0.834. The zero-order chi connectivity index (χ0) is 13.0. The van der Waals surface area contributed by atoms with Gasteiger partial charge in [0, 0.05) is 24.5 Å². The van der Waals surface area contributed by atoms with Crippen molar-refractivity contribution in [1.82, 2.24) is 15.0 Å². The molecule has 0 aliphatic heterocycles. The van der Waals surface area contributed by atoms with E-state index in [9.17, 15) is 0 Å². The third kappa shape index (κ3) is 3.17. The van der Waals surface area contributed by atoms with E-state index in [1.54, 1.807) is 6.20 Å². The van der Waals surface area contributed by atoms with Gasteiger partial charge in [-0.15, -0.1) is 0 Å². The molecule has 18 heavy (non-hydrogen) atoms. The quantitative estimate of drug-likeness (QED) is 0.795. The smallest absolute Gasteiger partial charge is 0.224 e. The van der Waals surface area contributed by atoms with Crippen LogP contribution in [0.15, 0.2) is 30.5 Å². The predicted molar refractivity (Wildman–Crippen MR) is 72.7 cm³/mol. The van der Waals surface area contributed by atoms with Crippen LogP contribution in [0, 0.1) is 6.92 Å². The van der Waals surface area contributed by atoms with Crippen molar-refractivity contribution in [2.75, 3.05) is 11.4 Å². The maximum Gasteiger partial charge on any atom is 0.224 e. The molecule has 0 saturated heterocycles. The molecule has 0 saturated carbocycles. The summed E-state index contributed by atoms with van der Waals surface area (Å²) >= 11 is 5.89. The van der Waals surface area contributed by atoms with Crippen LogP contribution in [0.2, 0.25) is 5.28 Å². The second-order valence-corrected chi connectivity index (χ2v) is 4.31. The summed E-state index contributed by atoms with van der Waals surface area (Å²) in [5, 5.41) is 0.282. The highest BCUT2D eigenvalue weighted by atomic mass is 35.5. The molecule has 0 atom stereocenters. The number of rotatable bonds is 4. The van der Waals surface area contributed by atoms with Crippen LogP contribution in [0.5, 0.6) is 0 Å². The zero-order valence-electron chi connectivity index (χ0n) is 10.5. The molecule has 0 radical (unpaired) electrons. The first-order valence-corrected chi connectivity index (χ1v) is 6.23. The summed E-state index contributed by atoms with van der Waals surface area (Å²) in [7, 11) is 0. The van der Waals surface area contributed by atoms with Crippen LogP contribution in [0.1, 0.15) is 18.3 Å². The fourth-order valence-corrected chi connectivity index (χ4v) is 1.94. The molecular formula is C13H15ClN4. The molecule has 0 unspecified atom stereocenters. The first-order valence-electron chi connectivity index (χ1n) is 5.85. The molecule has 4 nitrogen and oxygen atoms in total. The number of halogens is 1. The Morgan fingerprint density at radius 1 is 1.28 bits per heavy atom. The van der Waals surface area contributed by atoms with Gasteiger partial charge in [0.15, 0.2) is 0 Å². The van der Waals surface area contributed by atoms with E-state index in [4.69, 9.17) is 11.6 Å². The molecule has 0 spiro atoms. The molecular weight excluding hydrogens is 248 g/mol. The van der Waals surface area contributed by atoms with Crippen molar-refractivity contribution in [3.63, 3.8) is 0 Å². The van der Waals surface area contributed by atoms with Crippen molar-refractivity contribution < 1.29 is 0 Å². The summed E-state index contributed by atoms with van der Waals surface area (Å²) in [6, 6.07) is 7.82. The van der Waals surface area contributed by atoms with Crippen LogP contribution < -0.4 is 4.90 Å². The Morgan fingerprint density at radius 3 is 2.72 bits per heavy atom. The highest BCUT2D eigenvalue weighted by Crippen LogP contribution is 2.16. The summed E-state index contributed by atoms with van der Waals surface area (Å²) in [6.45, 7) is 5.54. The number of anilines is 1. The third-order valence-corrected chi connectivity index (χ3v) is 2.77. The monoisotopic (exact) mass is 262 g/mol. The molecule has 0 aliphatic rings. The number of aryl methyl sites for hydroxylation is 1. The van der Waals surface area contributed by atoms with Gasteiger partial charge in [0.05, 0.1) is 12.2 Å². The molecule has 0 aromatic carbocycles. The van der Waals surface area contributed by atoms with E-state index < -0.39 is 0 Å². The van der Waals surface area contributed by atoms with Gasteiger partial charge < -0.3 is 4.90 Å². The lowest BCUT2D eigenvalue weighted by Gasteiger charge is -2.21. The minimum absolute atomic E-state index is 0.282. The molecule has 0 aliphatic carbocycles. The van der Waals surface area contributed by atoms with Gasteiger partial charge in [-0.25, -0.2) is 9.97 Å². The van der Waals surface area contributed by atoms with Gasteiger partial charge in [0.2, 0.25) is 5.28 Å². The van der Waals surface area contributed by atoms with E-state index in [2.05, 4.69) is 26.8 Å². The molecule has 0 bridgehead atoms. The zero-order valence-corrected chi connectivity index (χ0v) is 11.2. The van der Waals surface area contributed by atoms with E-state index >= 15 is 0 Å². The van der Waals surface area contributed by atoms with E-state index in [0.29, 0.717) is 6.54 Å². The Labute approximate surface area is 112 Å². The molecule has 2 aromatic heterocycles. The molecule has 0 fully saturated rings. The predicted octanol–water partition coefficient (Wildman–Crippen LogP) is 2.86. The fourth-order valence-electron chi connectivity index (χ4n) is 1.72. The van der Waals surface area contributed by atoms with Gasteiger partial charge >= 0.3 is 0 Å². The summed E-state index contributed by atoms with van der Waals surface area (Å²) in [5.41, 5.74) is 1.87. The topological polar surface area (TPSA) is 41.9 Å². The van der Waals surface area contributed by atoms with E-state index in [1.165, 1.54) is 0 Å². The molecule has 2 rings (SSSR count). The minimum atomic E-state index is 0.282. The van der Waals surface area contributed by atoms with Crippen molar-refractivity contribution in [2.45, 2.75) is 20.4 Å². The van der Waals surface area contributed by atoms with Crippen molar-refractivity contribution in [1.29, 1.82) is 0 Å². The van der Waals surface area contributed by atoms with Gasteiger partial charge in [-0.3, -0.25) is 4.98 Å². The molecule has 5 heteroatoms. The lowest BCUT2D eigenvalue weighted by atomic mass is 10.3. The first-order chi connectivity index (χ1) is 8.69. The molecule has 0 N–H and O–H groups in total. The standard InChI is InChI=1S/C13H15ClN4/c1-3-18(9-11-6-4-5-7-15-11)12-8-10(2)16-13(14)17-12/h4-8H,3,9H2,1-2H3. The Kier molecular flexibility index (Phi) is 4.10. The van der Waals surface area contributed by atoms with E-state index in [0.717, 1.165) is 23.8 Å². The lowest BCUT2D eigenvalue weighted by molar-refractivity contribution is 0.789. The average Bonchev–Trinajstić information content (AvgIpc) is 2.36. The fraction of sp³-hybridized carbons (Fsp3) is 0.308. The van der Waals surface area contributed by atoms with Crippen LogP contribution >= 0.6 is 11.6 Å². The molecule has 0 amide bonds. The largest absolute Gasteiger partial charge is 0.351 e. The average molecular weight is 263 g/mol. The SMILES string of the molecule is CCN(Cc1ccccn1)c1cc(C)nc(Cl)n1. The van der Waals surface area contributed by atoms with E-state index in [-0.39, 0.29) is 5.28 Å². The number of pyridine rings is 1. The van der Waals surface area contributed by atoms with Crippen molar-refractivity contribution in [3.8, 4) is 0 Å². The summed E-state index contributed by atoms with van der Waals surface area (Å²) in [6.07, 6.45) is 1.79. The number of aromatic nitrogens is 3. The second kappa shape index (κ2) is 5.78. The van der Waals surface area contributed by atoms with Gasteiger partial charge in [-0.2, -0.15) is 0 Å². The minimum Gasteiger partial charge on any atom is -0.351 e. The maximum atomic E-state index is 5.89. The highest BCUT2D eigenvalue weighted by molar-refractivity contribution is 6.28. The lowest BCUT2D eigenvalue weighted by Crippen LogP contribution is -2.24. The molecule has 2 aromatic rings. The number of hydrogen-bond donors (Lipinski definition) is 0. The normalized spacial score (nSPS) is 10.4. The van der Waals surface area contributed by atoms with Crippen molar-refractivity contribution >= 4 is 17.4 Å². The van der Waals surface area contributed by atoms with Gasteiger partial charge in [-0.1, -0.05) is 6.07 Å². The third-order valence-electron chi connectivity index (χ3n) is 2.60. The maximum absolute atomic E-state index is 5.89. The van der Waals surface area contributed by atoms with Crippen molar-refractivity contribution in [3.05, 3.63) is 47.1 Å². The van der Waals surface area contributed by atoms with Gasteiger partial charge in [-0.05, 0) is 37.6 Å². The Hall–Kier alpha value is -1.68. The van der Waals surface area contributed by atoms with Crippen LogP contribution in [0.4, 0.5) is 5.82 Å². The van der Waals surface area contributed by atoms with Crippen LogP contribution in [0.25, 0.3) is 0 Å². The molecule has 2 heterocycles. The van der Waals surface area contributed by atoms with E-state index in [1.807, 2.05) is 31.2 Å². The van der Waals surface area contributed by atoms with Crippen LogP contribution in [0.3, 0.4) is 0 Å². The first kappa shape index (κ1) is 12.8. The van der Waals surface area contributed by atoms with Crippen LogP contribution in [-0.2, 0) is 6.54 Å². The Bertz CT molecular complexity index is 495. The molecule has 94 valence electrons. The Balaban J connectivity index is 2.23. The summed E-state index contributed by atoms with van der Waals surface area (Å²) in [4.78, 5) is 14.8. The Morgan fingerprint density at radius 2 is 2.11 bits per heavy atom. The van der Waals surface area contributed by atoms with Gasteiger partial charge in [0.1, 0.15) is 5.82 Å². The summed E-state index contributed by atoms with van der Waals surface area (Å²) < 4.78 is 0. The highest BCUT2D eigenvalue weighted by Gasteiger charge is 2.09. The number of hydrogen-bond acceptors (Lipinski definition) is 4. The number of nitrogens with zero attached hydrogens (tertiary/aromatic N) is 4. The van der Waals surface area contributed by atoms with Gasteiger partial charge in [0.25, 0.3) is 0 Å². The second-order valence-electron chi connectivity index (χ2n) is 3.97. The van der Waals surface area contributed by atoms with Crippen LogP contribution in [-0.4, -0.2) is 21.5 Å². The van der Waals surface area contributed by atoms with Crippen molar-refractivity contribution in [2.24, 2.45) is 0 Å².